The molecule has 0 aromatic rings. The van der Waals surface area contributed by atoms with E-state index in [1.165, 1.54) is 76.2 Å². The molecule has 5 rings (SSSR count). The van der Waals surface area contributed by atoms with E-state index in [9.17, 15) is 4.79 Å². The molecule has 0 spiro atoms. The van der Waals surface area contributed by atoms with E-state index < -0.39 is 0 Å². The number of allylic oxidation sites excluding steroid dienone is 10. The summed E-state index contributed by atoms with van der Waals surface area (Å²) in [4.78, 5) is 13.0. The maximum atomic E-state index is 13.0. The average Bonchev–Trinajstić information content (AvgIpc) is 3.41. The van der Waals surface area contributed by atoms with E-state index in [-0.39, 0.29) is 17.5 Å². The number of hydrogen-bond acceptors (Lipinski definition) is 2. The Morgan fingerprint density at radius 1 is 0.961 bits per heavy atom. The molecule has 0 N–H and O–H groups in total. The van der Waals surface area contributed by atoms with Crippen molar-refractivity contribution in [2.45, 2.75) is 178 Å². The number of carbonyl (C=O) groups is 1. The van der Waals surface area contributed by atoms with Crippen LogP contribution < -0.4 is 0 Å². The normalized spacial score (nSPS) is 34.8. The molecule has 0 bridgehead atoms. The van der Waals surface area contributed by atoms with Crippen LogP contribution in [0.2, 0.25) is 0 Å². The van der Waals surface area contributed by atoms with Gasteiger partial charge in [0.15, 0.2) is 0 Å². The van der Waals surface area contributed by atoms with E-state index in [1.807, 2.05) is 13.0 Å². The fourth-order valence-electron chi connectivity index (χ4n) is 12.2. The molecule has 2 nitrogen and oxygen atoms in total. The number of ether oxygens (including phenoxy) is 1. The molecule has 5 aliphatic carbocycles. The molecular weight excluding hydrogens is 621 g/mol. The van der Waals surface area contributed by atoms with Crippen LogP contribution in [-0.4, -0.2) is 12.1 Å². The zero-order valence-electron chi connectivity index (χ0n) is 34.7. The molecule has 3 unspecified atom stereocenters. The molecule has 2 heteroatoms. The Balaban J connectivity index is 1.10. The minimum absolute atomic E-state index is 0.00507. The van der Waals surface area contributed by atoms with Crippen molar-refractivity contribution >= 4 is 5.97 Å². The number of hydrogen-bond donors (Lipinski definition) is 0. The second kappa shape index (κ2) is 16.9. The molecule has 0 aliphatic heterocycles. The lowest BCUT2D eigenvalue weighted by Gasteiger charge is -2.58. The lowest BCUT2D eigenvalue weighted by molar-refractivity contribution is -0.145. The lowest BCUT2D eigenvalue weighted by Crippen LogP contribution is -2.51. The SMILES string of the molecule is CC1=C(C/C=C/C/C(C)=C/C=C/C(C)=C/C(=O)O[C@H]2CC[C@@]3(C)C(=CCC4C5CC[C@H](C(C)CCCC(C)C)[C@@]5(C)CC[C@H]43)C2)C(C)(C)CCC1. The maximum absolute atomic E-state index is 13.0. The van der Waals surface area contributed by atoms with Gasteiger partial charge in [-0.05, 0) is 155 Å². The van der Waals surface area contributed by atoms with Gasteiger partial charge in [0, 0.05) is 12.5 Å². The summed E-state index contributed by atoms with van der Waals surface area (Å²) in [5, 5.41) is 0. The van der Waals surface area contributed by atoms with Crippen LogP contribution >= 0.6 is 0 Å². The molecule has 0 aromatic carbocycles. The summed E-state index contributed by atoms with van der Waals surface area (Å²) in [5.41, 5.74) is 8.24. The molecule has 5 aliphatic rings. The standard InChI is InChI=1S/C49H76O2/c1-34(2)16-13-20-38(6)43-25-26-44-41-24-23-39-33-40(27-30-48(39,9)45(41)28-31-49(43,44)10)51-46(50)32-36(4)19-14-18-35(3)17-11-12-22-42-37(5)21-15-29-47(42,7)8/h11-12,14,18-19,23,32,34,38,40-41,43-45H,13,15-17,20-22,24-31,33H2,1-10H3/b12-11+,19-14+,35-18+,36-32+/t38?,40-,41?,43+,44?,45+,48-,49+/m0/s1. The zero-order valence-corrected chi connectivity index (χ0v) is 34.7. The van der Waals surface area contributed by atoms with Gasteiger partial charge in [0.25, 0.3) is 0 Å². The van der Waals surface area contributed by atoms with Gasteiger partial charge in [0.1, 0.15) is 6.10 Å². The van der Waals surface area contributed by atoms with E-state index >= 15 is 0 Å². The summed E-state index contributed by atoms with van der Waals surface area (Å²) in [7, 11) is 0. The van der Waals surface area contributed by atoms with E-state index in [0.717, 1.165) is 73.2 Å². The summed E-state index contributed by atoms with van der Waals surface area (Å²) in [6.07, 6.45) is 35.4. The van der Waals surface area contributed by atoms with E-state index in [1.54, 1.807) is 22.8 Å². The first-order chi connectivity index (χ1) is 24.1. The average molecular weight is 697 g/mol. The highest BCUT2D eigenvalue weighted by molar-refractivity contribution is 5.83. The quantitative estimate of drug-likeness (QED) is 0.0829. The predicted octanol–water partition coefficient (Wildman–Crippen LogP) is 14.3. The Bertz CT molecular complexity index is 1410. The summed E-state index contributed by atoms with van der Waals surface area (Å²) in [6, 6.07) is 0. The van der Waals surface area contributed by atoms with Crippen LogP contribution in [0.5, 0.6) is 0 Å². The highest BCUT2D eigenvalue weighted by atomic mass is 16.5. The van der Waals surface area contributed by atoms with Crippen molar-refractivity contribution in [3.05, 3.63) is 70.4 Å². The first-order valence-corrected chi connectivity index (χ1v) is 21.4. The maximum Gasteiger partial charge on any atom is 0.331 e. The predicted molar refractivity (Wildman–Crippen MR) is 218 cm³/mol. The molecule has 51 heavy (non-hydrogen) atoms. The third-order valence-corrected chi connectivity index (χ3v) is 15.2. The van der Waals surface area contributed by atoms with Gasteiger partial charge in [-0.3, -0.25) is 0 Å². The van der Waals surface area contributed by atoms with Gasteiger partial charge in [-0.25, -0.2) is 4.79 Å². The number of carbonyl (C=O) groups excluding carboxylic acids is 1. The molecule has 0 heterocycles. The topological polar surface area (TPSA) is 26.3 Å². The van der Waals surface area contributed by atoms with Crippen molar-refractivity contribution in [3.63, 3.8) is 0 Å². The van der Waals surface area contributed by atoms with Gasteiger partial charge in [-0.15, -0.1) is 0 Å². The van der Waals surface area contributed by atoms with Crippen molar-refractivity contribution < 1.29 is 9.53 Å². The fraction of sp³-hybridized carbons (Fsp3) is 0.735. The Morgan fingerprint density at radius 3 is 2.49 bits per heavy atom. The fourth-order valence-corrected chi connectivity index (χ4v) is 12.2. The molecule has 0 aromatic heterocycles. The van der Waals surface area contributed by atoms with Crippen LogP contribution in [-0.2, 0) is 9.53 Å². The Hall–Kier alpha value is -2.09. The van der Waals surface area contributed by atoms with Gasteiger partial charge in [-0.1, -0.05) is 126 Å². The van der Waals surface area contributed by atoms with Crippen LogP contribution in [0, 0.1) is 51.8 Å². The van der Waals surface area contributed by atoms with Gasteiger partial charge in [-0.2, -0.15) is 0 Å². The van der Waals surface area contributed by atoms with Gasteiger partial charge in [0.2, 0.25) is 0 Å². The molecular formula is C49H76O2. The Labute approximate surface area is 314 Å². The number of esters is 1. The molecule has 0 radical (unpaired) electrons. The highest BCUT2D eigenvalue weighted by Gasteiger charge is 2.59. The van der Waals surface area contributed by atoms with Crippen molar-refractivity contribution in [2.24, 2.45) is 51.8 Å². The van der Waals surface area contributed by atoms with Gasteiger partial charge >= 0.3 is 5.97 Å². The van der Waals surface area contributed by atoms with Crippen LogP contribution in [0.25, 0.3) is 0 Å². The molecule has 284 valence electrons. The minimum Gasteiger partial charge on any atom is -0.459 e. The Morgan fingerprint density at radius 2 is 1.75 bits per heavy atom. The van der Waals surface area contributed by atoms with Crippen LogP contribution in [0.3, 0.4) is 0 Å². The first kappa shape index (κ1) is 40.1. The monoisotopic (exact) mass is 697 g/mol. The second-order valence-corrected chi connectivity index (χ2v) is 19.7. The highest BCUT2D eigenvalue weighted by Crippen LogP contribution is 2.67. The van der Waals surface area contributed by atoms with E-state index in [0.29, 0.717) is 10.8 Å². The largest absolute Gasteiger partial charge is 0.459 e. The third-order valence-electron chi connectivity index (χ3n) is 15.2. The second-order valence-electron chi connectivity index (χ2n) is 19.7. The summed E-state index contributed by atoms with van der Waals surface area (Å²) >= 11 is 0. The number of fused-ring (bicyclic) bond motifs is 5. The van der Waals surface area contributed by atoms with Gasteiger partial charge in [0.05, 0.1) is 0 Å². The van der Waals surface area contributed by atoms with Crippen LogP contribution in [0.1, 0.15) is 172 Å². The van der Waals surface area contributed by atoms with Crippen molar-refractivity contribution in [1.82, 2.24) is 0 Å². The van der Waals surface area contributed by atoms with Crippen molar-refractivity contribution in [2.75, 3.05) is 0 Å². The van der Waals surface area contributed by atoms with E-state index in [2.05, 4.69) is 92.7 Å². The molecule has 0 amide bonds. The van der Waals surface area contributed by atoms with Crippen LogP contribution in [0.15, 0.2) is 70.4 Å². The Kier molecular flexibility index (Phi) is 13.3. The third kappa shape index (κ3) is 9.35. The lowest BCUT2D eigenvalue weighted by atomic mass is 9.47. The van der Waals surface area contributed by atoms with Crippen molar-refractivity contribution in [3.8, 4) is 0 Å². The summed E-state index contributed by atoms with van der Waals surface area (Å²) in [5.74, 6) is 4.93. The number of rotatable bonds is 13. The zero-order chi connectivity index (χ0) is 37.0. The molecule has 3 fully saturated rings. The summed E-state index contributed by atoms with van der Waals surface area (Å²) < 4.78 is 6.11. The summed E-state index contributed by atoms with van der Waals surface area (Å²) in [6.45, 7) is 23.9. The van der Waals surface area contributed by atoms with Gasteiger partial charge < -0.3 is 4.74 Å². The minimum atomic E-state index is -0.188. The van der Waals surface area contributed by atoms with Crippen molar-refractivity contribution in [1.29, 1.82) is 0 Å². The smallest absolute Gasteiger partial charge is 0.331 e. The first-order valence-electron chi connectivity index (χ1n) is 21.4. The molecule has 3 saturated carbocycles. The van der Waals surface area contributed by atoms with E-state index in [4.69, 9.17) is 4.74 Å². The van der Waals surface area contributed by atoms with Crippen LogP contribution in [0.4, 0.5) is 0 Å². The molecule has 8 atom stereocenters. The molecule has 0 saturated heterocycles.